The Kier molecular flexibility index (Phi) is 7.47. The molecule has 2 N–H and O–H groups in total. The van der Waals surface area contributed by atoms with Gasteiger partial charge in [0.05, 0.1) is 27.3 Å². The predicted molar refractivity (Wildman–Crippen MR) is 152 cm³/mol. The summed E-state index contributed by atoms with van der Waals surface area (Å²) >= 11 is 19.0. The van der Waals surface area contributed by atoms with Crippen LogP contribution in [0.5, 0.6) is 5.75 Å². The molecule has 0 aliphatic carbocycles. The Morgan fingerprint density at radius 2 is 1.47 bits per heavy atom. The van der Waals surface area contributed by atoms with Crippen molar-refractivity contribution in [3.8, 4) is 16.9 Å². The van der Waals surface area contributed by atoms with Gasteiger partial charge in [0.25, 0.3) is 5.91 Å². The molecule has 1 aromatic heterocycles. The second-order valence-corrected chi connectivity index (χ2v) is 9.35. The molecule has 9 heteroatoms. The molecule has 0 aliphatic heterocycles. The van der Waals surface area contributed by atoms with Crippen molar-refractivity contribution in [1.82, 2.24) is 10.4 Å². The summed E-state index contributed by atoms with van der Waals surface area (Å²) in [5.41, 5.74) is 5.37. The van der Waals surface area contributed by atoms with E-state index in [0.717, 1.165) is 5.39 Å². The van der Waals surface area contributed by atoms with Gasteiger partial charge < -0.3 is 9.72 Å². The van der Waals surface area contributed by atoms with Gasteiger partial charge in [0, 0.05) is 27.1 Å². The fourth-order valence-electron chi connectivity index (χ4n) is 3.97. The van der Waals surface area contributed by atoms with Gasteiger partial charge in [-0.2, -0.15) is 5.10 Å². The van der Waals surface area contributed by atoms with E-state index in [-0.39, 0.29) is 22.0 Å². The summed E-state index contributed by atoms with van der Waals surface area (Å²) in [7, 11) is 0. The summed E-state index contributed by atoms with van der Waals surface area (Å²) in [5.74, 6) is -0.863. The lowest BCUT2D eigenvalue weighted by atomic mass is 10.0. The molecule has 4 aromatic carbocycles. The Morgan fingerprint density at radius 1 is 0.789 bits per heavy atom. The number of benzene rings is 4. The Hall–Kier alpha value is -4.10. The van der Waals surface area contributed by atoms with E-state index in [1.807, 2.05) is 24.3 Å². The summed E-state index contributed by atoms with van der Waals surface area (Å²) in [6, 6.07) is 26.0. The molecule has 0 saturated carbocycles. The number of H-pyrrole nitrogens is 1. The molecular formula is C29H18Cl3N3O3. The van der Waals surface area contributed by atoms with Crippen molar-refractivity contribution >= 4 is 63.8 Å². The normalized spacial score (nSPS) is 11.1. The predicted octanol–water partition coefficient (Wildman–Crippen LogP) is 7.78. The number of nitrogens with one attached hydrogen (secondary N) is 2. The van der Waals surface area contributed by atoms with Crippen LogP contribution in [0.15, 0.2) is 96.1 Å². The minimum atomic E-state index is -0.611. The van der Waals surface area contributed by atoms with E-state index in [9.17, 15) is 9.59 Å². The molecule has 0 bridgehead atoms. The highest BCUT2D eigenvalue weighted by Gasteiger charge is 2.22. The van der Waals surface area contributed by atoms with Crippen molar-refractivity contribution in [1.29, 1.82) is 0 Å². The minimum Gasteiger partial charge on any atom is -0.422 e. The zero-order valence-electron chi connectivity index (χ0n) is 19.5. The van der Waals surface area contributed by atoms with Crippen LogP contribution in [-0.4, -0.2) is 23.1 Å². The highest BCUT2D eigenvalue weighted by Crippen LogP contribution is 2.38. The molecule has 0 spiro atoms. The van der Waals surface area contributed by atoms with Crippen molar-refractivity contribution in [2.75, 3.05) is 0 Å². The van der Waals surface area contributed by atoms with Crippen LogP contribution in [0.3, 0.4) is 0 Å². The first-order valence-electron chi connectivity index (χ1n) is 11.4. The number of fused-ring (bicyclic) bond motifs is 1. The maximum atomic E-state index is 13.3. The highest BCUT2D eigenvalue weighted by molar-refractivity contribution is 6.37. The zero-order chi connectivity index (χ0) is 26.6. The molecule has 188 valence electrons. The van der Waals surface area contributed by atoms with Gasteiger partial charge in [-0.05, 0) is 36.4 Å². The van der Waals surface area contributed by atoms with Crippen LogP contribution < -0.4 is 10.2 Å². The van der Waals surface area contributed by atoms with E-state index in [2.05, 4.69) is 15.5 Å². The first kappa shape index (κ1) is 25.5. The summed E-state index contributed by atoms with van der Waals surface area (Å²) in [5, 5.41) is 6.08. The minimum absolute atomic E-state index is 0.235. The van der Waals surface area contributed by atoms with Gasteiger partial charge in [0.15, 0.2) is 0 Å². The lowest BCUT2D eigenvalue weighted by Gasteiger charge is -2.08. The highest BCUT2D eigenvalue weighted by atomic mass is 35.5. The third kappa shape index (κ3) is 5.15. The molecule has 38 heavy (non-hydrogen) atoms. The molecule has 1 heterocycles. The fourth-order valence-corrected chi connectivity index (χ4v) is 4.64. The smallest absolute Gasteiger partial charge is 0.345 e. The molecule has 0 atom stereocenters. The molecule has 6 nitrogen and oxygen atoms in total. The Labute approximate surface area is 232 Å². The van der Waals surface area contributed by atoms with Gasteiger partial charge in [0.2, 0.25) is 0 Å². The van der Waals surface area contributed by atoms with Gasteiger partial charge in [0.1, 0.15) is 11.4 Å². The van der Waals surface area contributed by atoms with Crippen LogP contribution in [0.4, 0.5) is 0 Å². The second-order valence-electron chi connectivity index (χ2n) is 8.12. The third-order valence-electron chi connectivity index (χ3n) is 5.74. The number of nitrogens with zero attached hydrogens (tertiary/aromatic N) is 1. The topological polar surface area (TPSA) is 83.5 Å². The average molecular weight is 563 g/mol. The molecule has 1 amide bonds. The average Bonchev–Trinajstić information content (AvgIpc) is 3.31. The summed E-state index contributed by atoms with van der Waals surface area (Å²) in [6.45, 7) is 0. The number of hydrogen-bond donors (Lipinski definition) is 2. The van der Waals surface area contributed by atoms with E-state index < -0.39 is 11.9 Å². The third-order valence-corrected chi connectivity index (χ3v) is 6.71. The summed E-state index contributed by atoms with van der Waals surface area (Å²) in [6.07, 6.45) is 1.39. The van der Waals surface area contributed by atoms with Crippen molar-refractivity contribution in [3.63, 3.8) is 0 Å². The lowest BCUT2D eigenvalue weighted by Crippen LogP contribution is -2.19. The maximum absolute atomic E-state index is 13.3. The SMILES string of the molecule is O=C(Oc1ccccc1C=NNC(=O)c1[nH]c2c(Cl)cccc2c1-c1ccccc1Cl)c1ccccc1Cl. The standard InChI is InChI=1S/C29H18Cl3N3O3/c30-21-12-4-2-9-18(21)25-20-11-7-14-23(32)26(20)34-27(25)28(36)35-33-16-17-8-1-6-15-24(17)38-29(37)19-10-3-5-13-22(19)31/h1-16,34H,(H,35,36). The molecular weight excluding hydrogens is 545 g/mol. The zero-order valence-corrected chi connectivity index (χ0v) is 21.8. The van der Waals surface area contributed by atoms with Crippen molar-refractivity contribution in [3.05, 3.63) is 123 Å². The molecule has 0 aliphatic rings. The largest absolute Gasteiger partial charge is 0.422 e. The van der Waals surface area contributed by atoms with Crippen LogP contribution in [0.25, 0.3) is 22.0 Å². The Balaban J connectivity index is 1.42. The number of aromatic nitrogens is 1. The number of amides is 1. The van der Waals surface area contributed by atoms with E-state index in [1.165, 1.54) is 6.21 Å². The number of esters is 1. The number of carbonyl (C=O) groups excluding carboxylic acids is 2. The van der Waals surface area contributed by atoms with Gasteiger partial charge >= 0.3 is 5.97 Å². The Bertz CT molecular complexity index is 1710. The summed E-state index contributed by atoms with van der Waals surface area (Å²) in [4.78, 5) is 29.0. The maximum Gasteiger partial charge on any atom is 0.345 e. The van der Waals surface area contributed by atoms with Gasteiger partial charge in [-0.25, -0.2) is 10.2 Å². The number of hydrogen-bond acceptors (Lipinski definition) is 4. The number of carbonyl (C=O) groups is 2. The first-order chi connectivity index (χ1) is 18.4. The molecule has 0 saturated heterocycles. The molecule has 0 radical (unpaired) electrons. The molecule has 0 fully saturated rings. The number of halogens is 3. The summed E-state index contributed by atoms with van der Waals surface area (Å²) < 4.78 is 5.53. The van der Waals surface area contributed by atoms with E-state index in [1.54, 1.807) is 66.7 Å². The van der Waals surface area contributed by atoms with E-state index in [0.29, 0.717) is 32.3 Å². The van der Waals surface area contributed by atoms with Gasteiger partial charge in [-0.1, -0.05) is 89.4 Å². The number of rotatable bonds is 6. The second kappa shape index (κ2) is 11.1. The van der Waals surface area contributed by atoms with Crippen molar-refractivity contribution in [2.45, 2.75) is 0 Å². The van der Waals surface area contributed by atoms with Crippen molar-refractivity contribution < 1.29 is 14.3 Å². The number of aromatic amines is 1. The molecule has 5 aromatic rings. The monoisotopic (exact) mass is 561 g/mol. The van der Waals surface area contributed by atoms with Crippen molar-refractivity contribution in [2.24, 2.45) is 5.10 Å². The fraction of sp³-hybridized carbons (Fsp3) is 0. The van der Waals surface area contributed by atoms with Crippen LogP contribution in [0.2, 0.25) is 15.1 Å². The number of hydrazone groups is 1. The van der Waals surface area contributed by atoms with Crippen LogP contribution in [0.1, 0.15) is 26.4 Å². The number of para-hydroxylation sites is 2. The van der Waals surface area contributed by atoms with Crippen LogP contribution in [-0.2, 0) is 0 Å². The number of ether oxygens (including phenoxy) is 1. The molecule has 0 unspecified atom stereocenters. The van der Waals surface area contributed by atoms with E-state index in [4.69, 9.17) is 39.5 Å². The molecule has 5 rings (SSSR count). The Morgan fingerprint density at radius 3 is 2.26 bits per heavy atom. The van der Waals surface area contributed by atoms with Crippen LogP contribution >= 0.6 is 34.8 Å². The van der Waals surface area contributed by atoms with E-state index >= 15 is 0 Å². The lowest BCUT2D eigenvalue weighted by molar-refractivity contribution is 0.0734. The van der Waals surface area contributed by atoms with Crippen LogP contribution in [0, 0.1) is 0 Å². The van der Waals surface area contributed by atoms with Gasteiger partial charge in [-0.3, -0.25) is 4.79 Å². The first-order valence-corrected chi connectivity index (χ1v) is 12.5. The van der Waals surface area contributed by atoms with Gasteiger partial charge in [-0.15, -0.1) is 0 Å². The quantitative estimate of drug-likeness (QED) is 0.0959.